The van der Waals surface area contributed by atoms with Crippen LogP contribution in [0.1, 0.15) is 18.9 Å². The number of hydrogen-bond acceptors (Lipinski definition) is 3. The monoisotopic (exact) mass is 262 g/mol. The standard InChI is InChI=1S/C13H18N4S/c1-3-4-9-18-12-7-5-11(6-8-12)10(2)16-17-13(14)15/h3,5-8H,1,4,9H2,2H3,(H4,14,15,17)/b16-10+. The van der Waals surface area contributed by atoms with Crippen LogP contribution < -0.4 is 11.5 Å². The van der Waals surface area contributed by atoms with Gasteiger partial charge in [0.2, 0.25) is 5.96 Å². The van der Waals surface area contributed by atoms with Gasteiger partial charge in [0.25, 0.3) is 0 Å². The summed E-state index contributed by atoms with van der Waals surface area (Å²) in [5, 5.41) is 7.56. The Bertz CT molecular complexity index is 445. The molecular formula is C13H18N4S. The zero-order valence-corrected chi connectivity index (χ0v) is 11.3. The van der Waals surface area contributed by atoms with Crippen LogP contribution in [0.5, 0.6) is 0 Å². The summed E-state index contributed by atoms with van der Waals surface area (Å²) >= 11 is 1.80. The summed E-state index contributed by atoms with van der Waals surface area (Å²) in [6.45, 7) is 5.57. The van der Waals surface area contributed by atoms with Gasteiger partial charge >= 0.3 is 0 Å². The number of nitrogens with zero attached hydrogens (tertiary/aromatic N) is 2. The molecule has 4 nitrogen and oxygen atoms in total. The summed E-state index contributed by atoms with van der Waals surface area (Å²) in [6, 6.07) is 8.16. The highest BCUT2D eigenvalue weighted by atomic mass is 32.2. The lowest BCUT2D eigenvalue weighted by Crippen LogP contribution is -2.22. The first-order chi connectivity index (χ1) is 8.63. The molecule has 1 rings (SSSR count). The number of guanidine groups is 1. The third-order valence-electron chi connectivity index (χ3n) is 2.18. The Kier molecular flexibility index (Phi) is 6.00. The molecule has 96 valence electrons. The van der Waals surface area contributed by atoms with Gasteiger partial charge in [0, 0.05) is 10.6 Å². The Morgan fingerprint density at radius 3 is 2.50 bits per heavy atom. The average molecular weight is 262 g/mol. The minimum absolute atomic E-state index is 0.0362. The van der Waals surface area contributed by atoms with Crippen molar-refractivity contribution in [2.24, 2.45) is 21.7 Å². The van der Waals surface area contributed by atoms with Crippen LogP contribution >= 0.6 is 11.8 Å². The van der Waals surface area contributed by atoms with Crippen molar-refractivity contribution < 1.29 is 0 Å². The molecule has 0 saturated carbocycles. The molecule has 0 aliphatic rings. The molecule has 0 spiro atoms. The Hall–Kier alpha value is -1.75. The van der Waals surface area contributed by atoms with E-state index in [1.807, 2.05) is 25.1 Å². The largest absolute Gasteiger partial charge is 0.369 e. The molecule has 0 radical (unpaired) electrons. The van der Waals surface area contributed by atoms with E-state index >= 15 is 0 Å². The Labute approximate surface area is 112 Å². The molecule has 0 heterocycles. The second kappa shape index (κ2) is 7.55. The van der Waals surface area contributed by atoms with Crippen molar-refractivity contribution in [3.8, 4) is 0 Å². The normalized spacial score (nSPS) is 11.1. The molecule has 0 unspecified atom stereocenters. The van der Waals surface area contributed by atoms with Crippen LogP contribution in [0, 0.1) is 0 Å². The van der Waals surface area contributed by atoms with Gasteiger partial charge in [0.05, 0.1) is 5.71 Å². The van der Waals surface area contributed by atoms with Crippen LogP contribution in [0.15, 0.2) is 52.0 Å². The van der Waals surface area contributed by atoms with Crippen molar-refractivity contribution in [3.63, 3.8) is 0 Å². The van der Waals surface area contributed by atoms with Crippen molar-refractivity contribution in [3.05, 3.63) is 42.5 Å². The van der Waals surface area contributed by atoms with Crippen LogP contribution in [0.3, 0.4) is 0 Å². The summed E-state index contributed by atoms with van der Waals surface area (Å²) in [5.74, 6) is 1.01. The van der Waals surface area contributed by atoms with E-state index in [1.54, 1.807) is 11.8 Å². The van der Waals surface area contributed by atoms with Crippen LogP contribution in [-0.2, 0) is 0 Å². The maximum absolute atomic E-state index is 5.22. The molecule has 4 N–H and O–H groups in total. The Morgan fingerprint density at radius 2 is 1.94 bits per heavy atom. The number of allylic oxidation sites excluding steroid dienone is 1. The van der Waals surface area contributed by atoms with Crippen molar-refractivity contribution >= 4 is 23.4 Å². The van der Waals surface area contributed by atoms with Crippen LogP contribution in [0.2, 0.25) is 0 Å². The molecule has 1 aromatic rings. The van der Waals surface area contributed by atoms with Crippen molar-refractivity contribution in [1.29, 1.82) is 0 Å². The van der Waals surface area contributed by atoms with Gasteiger partial charge in [-0.3, -0.25) is 0 Å². The molecule has 18 heavy (non-hydrogen) atoms. The summed E-state index contributed by atoms with van der Waals surface area (Å²) in [7, 11) is 0. The maximum atomic E-state index is 5.22. The molecule has 0 aliphatic heterocycles. The molecule has 0 aliphatic carbocycles. The van der Waals surface area contributed by atoms with Gasteiger partial charge in [-0.1, -0.05) is 18.2 Å². The highest BCUT2D eigenvalue weighted by Gasteiger charge is 1.98. The molecule has 5 heteroatoms. The maximum Gasteiger partial charge on any atom is 0.211 e. The quantitative estimate of drug-likeness (QED) is 0.206. The fourth-order valence-electron chi connectivity index (χ4n) is 1.24. The second-order valence-electron chi connectivity index (χ2n) is 3.66. The summed E-state index contributed by atoms with van der Waals surface area (Å²) < 4.78 is 0. The first kappa shape index (κ1) is 14.3. The lowest BCUT2D eigenvalue weighted by Gasteiger charge is -2.02. The van der Waals surface area contributed by atoms with Crippen molar-refractivity contribution in [2.75, 3.05) is 5.75 Å². The van der Waals surface area contributed by atoms with Gasteiger partial charge in [-0.05, 0) is 31.0 Å². The number of hydrogen-bond donors (Lipinski definition) is 2. The Balaban J connectivity index is 2.67. The molecular weight excluding hydrogens is 244 g/mol. The highest BCUT2D eigenvalue weighted by Crippen LogP contribution is 2.19. The second-order valence-corrected chi connectivity index (χ2v) is 4.83. The number of rotatable bonds is 6. The van der Waals surface area contributed by atoms with E-state index < -0.39 is 0 Å². The minimum Gasteiger partial charge on any atom is -0.369 e. The van der Waals surface area contributed by atoms with E-state index in [1.165, 1.54) is 4.90 Å². The van der Waals surface area contributed by atoms with E-state index in [9.17, 15) is 0 Å². The predicted octanol–water partition coefficient (Wildman–Crippen LogP) is 2.35. The summed E-state index contributed by atoms with van der Waals surface area (Å²) in [5.41, 5.74) is 12.2. The van der Waals surface area contributed by atoms with E-state index in [0.29, 0.717) is 0 Å². The Morgan fingerprint density at radius 1 is 1.28 bits per heavy atom. The van der Waals surface area contributed by atoms with Crippen molar-refractivity contribution in [2.45, 2.75) is 18.2 Å². The summed E-state index contributed by atoms with van der Waals surface area (Å²) in [4.78, 5) is 1.23. The molecule has 0 aromatic heterocycles. The van der Waals surface area contributed by atoms with Gasteiger partial charge in [0.1, 0.15) is 0 Å². The predicted molar refractivity (Wildman–Crippen MR) is 80.0 cm³/mol. The zero-order valence-electron chi connectivity index (χ0n) is 10.5. The van der Waals surface area contributed by atoms with Crippen LogP contribution in [0.25, 0.3) is 0 Å². The van der Waals surface area contributed by atoms with E-state index in [2.05, 4.69) is 28.9 Å². The third kappa shape index (κ3) is 5.05. The third-order valence-corrected chi connectivity index (χ3v) is 3.22. The fourth-order valence-corrected chi connectivity index (χ4v) is 2.09. The van der Waals surface area contributed by atoms with Crippen LogP contribution in [-0.4, -0.2) is 17.4 Å². The number of nitrogens with two attached hydrogens (primary N) is 2. The van der Waals surface area contributed by atoms with Gasteiger partial charge in [-0.25, -0.2) is 0 Å². The topological polar surface area (TPSA) is 76.8 Å². The van der Waals surface area contributed by atoms with Crippen molar-refractivity contribution in [1.82, 2.24) is 0 Å². The molecule has 0 bridgehead atoms. The van der Waals surface area contributed by atoms with Gasteiger partial charge < -0.3 is 11.5 Å². The van der Waals surface area contributed by atoms with E-state index in [4.69, 9.17) is 11.5 Å². The smallest absolute Gasteiger partial charge is 0.211 e. The highest BCUT2D eigenvalue weighted by molar-refractivity contribution is 7.99. The summed E-state index contributed by atoms with van der Waals surface area (Å²) in [6.07, 6.45) is 2.94. The van der Waals surface area contributed by atoms with Gasteiger partial charge in [-0.15, -0.1) is 23.4 Å². The lowest BCUT2D eigenvalue weighted by atomic mass is 10.1. The van der Waals surface area contributed by atoms with Gasteiger partial charge in [-0.2, -0.15) is 5.10 Å². The first-order valence-electron chi connectivity index (χ1n) is 5.61. The average Bonchev–Trinajstić information content (AvgIpc) is 2.37. The number of benzene rings is 1. The van der Waals surface area contributed by atoms with Gasteiger partial charge in [0.15, 0.2) is 0 Å². The first-order valence-corrected chi connectivity index (χ1v) is 6.59. The molecule has 0 amide bonds. The molecule has 0 saturated heterocycles. The van der Waals surface area contributed by atoms with E-state index in [0.717, 1.165) is 23.4 Å². The van der Waals surface area contributed by atoms with Crippen LogP contribution in [0.4, 0.5) is 0 Å². The van der Waals surface area contributed by atoms with E-state index in [-0.39, 0.29) is 5.96 Å². The molecule has 1 aromatic carbocycles. The molecule has 0 atom stereocenters. The SMILES string of the molecule is C=CCCSc1ccc(/C(C)=N/N=C(N)N)cc1. The fraction of sp³-hybridized carbons (Fsp3) is 0.231. The molecule has 0 fully saturated rings. The lowest BCUT2D eigenvalue weighted by molar-refractivity contribution is 1.19. The minimum atomic E-state index is -0.0362. The number of thioether (sulfide) groups is 1. The zero-order chi connectivity index (χ0) is 13.4.